The number of carbonyl (C=O) groups excluding carboxylic acids is 1. The van der Waals surface area contributed by atoms with Gasteiger partial charge in [0.25, 0.3) is 5.69 Å². The van der Waals surface area contributed by atoms with Crippen LogP contribution in [0.3, 0.4) is 0 Å². The van der Waals surface area contributed by atoms with Gasteiger partial charge >= 0.3 is 0 Å². The summed E-state index contributed by atoms with van der Waals surface area (Å²) in [6, 6.07) is 10.1. The van der Waals surface area contributed by atoms with E-state index in [2.05, 4.69) is 5.32 Å². The van der Waals surface area contributed by atoms with Crippen LogP contribution >= 0.6 is 23.4 Å². The number of nitro benzene ring substituents is 1. The number of nitro groups is 1. The molecule has 0 bridgehead atoms. The number of nitrogens with zero attached hydrogens (tertiary/aromatic N) is 1. The third-order valence-electron chi connectivity index (χ3n) is 2.85. The first-order valence-electron chi connectivity index (χ1n) is 6.51. The van der Waals surface area contributed by atoms with Gasteiger partial charge in [0.15, 0.2) is 0 Å². The summed E-state index contributed by atoms with van der Waals surface area (Å²) in [5.74, 6) is -0.266. The SMILES string of the molecule is O=C(CSCc1ccc([N+](=O)[O-])cc1)Nc1ccc(Cl)cc1F. The highest BCUT2D eigenvalue weighted by Crippen LogP contribution is 2.20. The minimum atomic E-state index is -0.591. The van der Waals surface area contributed by atoms with E-state index < -0.39 is 10.7 Å². The number of thioether (sulfide) groups is 1. The van der Waals surface area contributed by atoms with Gasteiger partial charge in [0.2, 0.25) is 5.91 Å². The largest absolute Gasteiger partial charge is 0.323 e. The van der Waals surface area contributed by atoms with Crippen LogP contribution < -0.4 is 5.32 Å². The van der Waals surface area contributed by atoms with E-state index in [0.717, 1.165) is 11.6 Å². The highest BCUT2D eigenvalue weighted by molar-refractivity contribution is 7.99. The lowest BCUT2D eigenvalue weighted by Gasteiger charge is -2.06. The quantitative estimate of drug-likeness (QED) is 0.621. The molecule has 1 N–H and O–H groups in total. The Balaban J connectivity index is 1.81. The molecule has 2 aromatic carbocycles. The Bertz CT molecular complexity index is 725. The van der Waals surface area contributed by atoms with E-state index in [-0.39, 0.29) is 28.1 Å². The fourth-order valence-corrected chi connectivity index (χ4v) is 2.70. The maximum absolute atomic E-state index is 13.5. The smallest absolute Gasteiger partial charge is 0.269 e. The van der Waals surface area contributed by atoms with Crippen molar-refractivity contribution in [3.63, 3.8) is 0 Å². The molecule has 0 saturated carbocycles. The van der Waals surface area contributed by atoms with Gasteiger partial charge in [-0.05, 0) is 23.8 Å². The Labute approximate surface area is 141 Å². The normalized spacial score (nSPS) is 10.3. The summed E-state index contributed by atoms with van der Waals surface area (Å²) in [6.07, 6.45) is 0. The molecule has 0 atom stereocenters. The molecule has 0 radical (unpaired) electrons. The minimum absolute atomic E-state index is 0.0229. The first-order valence-corrected chi connectivity index (χ1v) is 8.05. The Morgan fingerprint density at radius 3 is 2.57 bits per heavy atom. The molecule has 0 fully saturated rings. The summed E-state index contributed by atoms with van der Waals surface area (Å²) in [5, 5.41) is 13.3. The molecule has 0 spiro atoms. The number of benzene rings is 2. The molecule has 0 unspecified atom stereocenters. The highest BCUT2D eigenvalue weighted by atomic mass is 35.5. The first kappa shape index (κ1) is 17.2. The van der Waals surface area contributed by atoms with Crippen LogP contribution in [0.5, 0.6) is 0 Å². The molecule has 5 nitrogen and oxygen atoms in total. The van der Waals surface area contributed by atoms with Gasteiger partial charge in [-0.2, -0.15) is 0 Å². The molecule has 0 saturated heterocycles. The van der Waals surface area contributed by atoms with Crippen molar-refractivity contribution in [2.24, 2.45) is 0 Å². The van der Waals surface area contributed by atoms with E-state index in [0.29, 0.717) is 5.75 Å². The predicted molar refractivity (Wildman–Crippen MR) is 89.3 cm³/mol. The van der Waals surface area contributed by atoms with Crippen LogP contribution in [0.1, 0.15) is 5.56 Å². The number of hydrogen-bond donors (Lipinski definition) is 1. The lowest BCUT2D eigenvalue weighted by atomic mass is 10.2. The number of carbonyl (C=O) groups is 1. The Morgan fingerprint density at radius 2 is 1.96 bits per heavy atom. The molecule has 1 amide bonds. The monoisotopic (exact) mass is 354 g/mol. The van der Waals surface area contributed by atoms with Gasteiger partial charge in [-0.15, -0.1) is 11.8 Å². The number of halogens is 2. The van der Waals surface area contributed by atoms with Crippen LogP contribution in [0.25, 0.3) is 0 Å². The van der Waals surface area contributed by atoms with Gasteiger partial charge in [-0.25, -0.2) is 4.39 Å². The summed E-state index contributed by atoms with van der Waals surface area (Å²) >= 11 is 6.96. The lowest BCUT2D eigenvalue weighted by Crippen LogP contribution is -2.15. The van der Waals surface area contributed by atoms with Crippen LogP contribution in [0.15, 0.2) is 42.5 Å². The van der Waals surface area contributed by atoms with Crippen LogP contribution in [0.4, 0.5) is 15.8 Å². The Hall–Kier alpha value is -2.12. The molecule has 0 aliphatic carbocycles. The number of non-ortho nitro benzene ring substituents is 1. The van der Waals surface area contributed by atoms with E-state index >= 15 is 0 Å². The number of nitrogens with one attached hydrogen (secondary N) is 1. The molecule has 120 valence electrons. The van der Waals surface area contributed by atoms with Gasteiger partial charge in [-0.1, -0.05) is 23.7 Å². The molecule has 23 heavy (non-hydrogen) atoms. The average Bonchev–Trinajstić information content (AvgIpc) is 2.50. The van der Waals surface area contributed by atoms with Crippen molar-refractivity contribution in [3.05, 3.63) is 69.0 Å². The van der Waals surface area contributed by atoms with E-state index in [1.165, 1.54) is 36.0 Å². The van der Waals surface area contributed by atoms with Crippen LogP contribution in [-0.2, 0) is 10.5 Å². The van der Waals surface area contributed by atoms with Gasteiger partial charge < -0.3 is 5.32 Å². The minimum Gasteiger partial charge on any atom is -0.323 e. The number of anilines is 1. The molecule has 8 heteroatoms. The van der Waals surface area contributed by atoms with E-state index in [1.54, 1.807) is 12.1 Å². The van der Waals surface area contributed by atoms with Crippen molar-refractivity contribution in [2.75, 3.05) is 11.1 Å². The topological polar surface area (TPSA) is 72.2 Å². The summed E-state index contributed by atoms with van der Waals surface area (Å²) in [5.41, 5.74) is 0.969. The zero-order valence-electron chi connectivity index (χ0n) is 11.8. The van der Waals surface area contributed by atoms with Crippen molar-refractivity contribution >= 4 is 40.6 Å². The molecular weight excluding hydrogens is 343 g/mol. The fraction of sp³-hybridized carbons (Fsp3) is 0.133. The molecule has 0 aliphatic heterocycles. The second kappa shape index (κ2) is 7.94. The fourth-order valence-electron chi connectivity index (χ4n) is 1.75. The summed E-state index contributed by atoms with van der Waals surface area (Å²) in [4.78, 5) is 21.8. The summed E-state index contributed by atoms with van der Waals surface area (Å²) < 4.78 is 13.5. The Kier molecular flexibility index (Phi) is 5.95. The zero-order valence-corrected chi connectivity index (χ0v) is 13.4. The van der Waals surface area contributed by atoms with Crippen molar-refractivity contribution in [1.82, 2.24) is 0 Å². The predicted octanol–water partition coefficient (Wildman–Crippen LogP) is 4.26. The third-order valence-corrected chi connectivity index (χ3v) is 4.09. The van der Waals surface area contributed by atoms with Crippen molar-refractivity contribution in [1.29, 1.82) is 0 Å². The van der Waals surface area contributed by atoms with Crippen molar-refractivity contribution < 1.29 is 14.1 Å². The Morgan fingerprint density at radius 1 is 1.26 bits per heavy atom. The number of rotatable bonds is 6. The van der Waals surface area contributed by atoms with Gasteiger partial charge in [0.1, 0.15) is 5.82 Å². The van der Waals surface area contributed by atoms with Crippen molar-refractivity contribution in [2.45, 2.75) is 5.75 Å². The number of hydrogen-bond acceptors (Lipinski definition) is 4. The first-order chi connectivity index (χ1) is 11.0. The zero-order chi connectivity index (χ0) is 16.8. The van der Waals surface area contributed by atoms with Gasteiger partial charge in [0.05, 0.1) is 16.4 Å². The molecule has 0 heterocycles. The van der Waals surface area contributed by atoms with E-state index in [9.17, 15) is 19.3 Å². The van der Waals surface area contributed by atoms with Crippen LogP contribution in [-0.4, -0.2) is 16.6 Å². The maximum Gasteiger partial charge on any atom is 0.269 e. The molecule has 2 aromatic rings. The van der Waals surface area contributed by atoms with Gasteiger partial charge in [0, 0.05) is 22.9 Å². The molecule has 0 aromatic heterocycles. The van der Waals surface area contributed by atoms with E-state index in [1.807, 2.05) is 0 Å². The average molecular weight is 355 g/mol. The highest BCUT2D eigenvalue weighted by Gasteiger charge is 2.08. The second-order valence-electron chi connectivity index (χ2n) is 4.59. The van der Waals surface area contributed by atoms with Crippen LogP contribution in [0.2, 0.25) is 5.02 Å². The van der Waals surface area contributed by atoms with Crippen molar-refractivity contribution in [3.8, 4) is 0 Å². The number of amides is 1. The maximum atomic E-state index is 13.5. The third kappa shape index (κ3) is 5.22. The summed E-state index contributed by atoms with van der Waals surface area (Å²) in [6.45, 7) is 0. The molecular formula is C15H12ClFN2O3S. The molecule has 0 aliphatic rings. The standard InChI is InChI=1S/C15H12ClFN2O3S/c16-11-3-6-14(13(17)7-11)18-15(20)9-23-8-10-1-4-12(5-2-10)19(21)22/h1-7H,8-9H2,(H,18,20). The summed E-state index contributed by atoms with van der Waals surface area (Å²) in [7, 11) is 0. The van der Waals surface area contributed by atoms with E-state index in [4.69, 9.17) is 11.6 Å². The second-order valence-corrected chi connectivity index (χ2v) is 6.01. The van der Waals surface area contributed by atoms with Gasteiger partial charge in [-0.3, -0.25) is 14.9 Å². The van der Waals surface area contributed by atoms with Crippen LogP contribution in [0, 0.1) is 15.9 Å². The lowest BCUT2D eigenvalue weighted by molar-refractivity contribution is -0.384. The molecule has 2 rings (SSSR count).